The van der Waals surface area contributed by atoms with Crippen molar-refractivity contribution in [3.05, 3.63) is 29.8 Å². The maximum absolute atomic E-state index is 12.1. The Morgan fingerprint density at radius 2 is 1.90 bits per heavy atom. The van der Waals surface area contributed by atoms with Gasteiger partial charge in [-0.05, 0) is 38.3 Å². The first kappa shape index (κ1) is 17.0. The van der Waals surface area contributed by atoms with Crippen LogP contribution < -0.4 is 10.6 Å². The summed E-state index contributed by atoms with van der Waals surface area (Å²) in [5.74, 6) is -0.849. The molecule has 3 N–H and O–H groups in total. The lowest BCUT2D eigenvalue weighted by Gasteiger charge is -2.26. The van der Waals surface area contributed by atoms with Crippen LogP contribution in [0.5, 0.6) is 0 Å². The first-order chi connectivity index (χ1) is 9.84. The summed E-state index contributed by atoms with van der Waals surface area (Å²) in [5, 5.41) is 14.5. The van der Waals surface area contributed by atoms with Gasteiger partial charge in [0.15, 0.2) is 0 Å². The highest BCUT2D eigenvalue weighted by atomic mass is 16.4. The molecule has 0 spiro atoms. The molecule has 1 aromatic rings. The van der Waals surface area contributed by atoms with E-state index in [0.29, 0.717) is 12.1 Å². The molecule has 0 unspecified atom stereocenters. The summed E-state index contributed by atoms with van der Waals surface area (Å²) in [6.45, 7) is 6.03. The van der Waals surface area contributed by atoms with E-state index in [-0.39, 0.29) is 18.0 Å². The monoisotopic (exact) mass is 292 g/mol. The number of carbonyl (C=O) groups excluding carboxylic acids is 1. The van der Waals surface area contributed by atoms with Gasteiger partial charge >= 0.3 is 12.0 Å². The highest BCUT2D eigenvalue weighted by molar-refractivity contribution is 5.90. The summed E-state index contributed by atoms with van der Waals surface area (Å²) < 4.78 is 0. The van der Waals surface area contributed by atoms with E-state index in [1.54, 1.807) is 6.07 Å². The molecule has 0 aromatic heterocycles. The Balaban J connectivity index is 2.69. The molecule has 0 saturated carbocycles. The Hall–Kier alpha value is -2.04. The number of rotatable bonds is 7. The van der Waals surface area contributed by atoms with Crippen molar-refractivity contribution in [2.24, 2.45) is 0 Å². The first-order valence-corrected chi connectivity index (χ1v) is 7.23. The van der Waals surface area contributed by atoms with Gasteiger partial charge in [-0.1, -0.05) is 31.5 Å². The molecule has 5 nitrogen and oxygen atoms in total. The van der Waals surface area contributed by atoms with Crippen molar-refractivity contribution in [3.8, 4) is 0 Å². The van der Waals surface area contributed by atoms with Gasteiger partial charge in [0.1, 0.15) is 0 Å². The van der Waals surface area contributed by atoms with Crippen LogP contribution in [0.1, 0.15) is 45.6 Å². The van der Waals surface area contributed by atoms with E-state index in [2.05, 4.69) is 17.6 Å². The van der Waals surface area contributed by atoms with Gasteiger partial charge in [0.25, 0.3) is 0 Å². The van der Waals surface area contributed by atoms with E-state index >= 15 is 0 Å². The van der Waals surface area contributed by atoms with Crippen LogP contribution >= 0.6 is 0 Å². The summed E-state index contributed by atoms with van der Waals surface area (Å²) in [4.78, 5) is 22.7. The Labute approximate surface area is 125 Å². The molecule has 0 bridgehead atoms. The van der Waals surface area contributed by atoms with Crippen LogP contribution in [0.3, 0.4) is 0 Å². The molecule has 1 rings (SSSR count). The van der Waals surface area contributed by atoms with Crippen molar-refractivity contribution in [1.29, 1.82) is 0 Å². The number of hydrogen-bond donors (Lipinski definition) is 3. The summed E-state index contributed by atoms with van der Waals surface area (Å²) in [6.07, 6.45) is 2.31. The molecule has 0 aliphatic rings. The van der Waals surface area contributed by atoms with Crippen molar-refractivity contribution in [1.82, 2.24) is 5.32 Å². The van der Waals surface area contributed by atoms with Gasteiger partial charge in [-0.2, -0.15) is 0 Å². The number of anilines is 1. The van der Waals surface area contributed by atoms with E-state index in [9.17, 15) is 9.59 Å². The van der Waals surface area contributed by atoms with Crippen molar-refractivity contribution in [3.63, 3.8) is 0 Å². The zero-order valence-electron chi connectivity index (χ0n) is 12.9. The number of carboxylic acid groups (broad SMARTS) is 1. The Kier molecular flexibility index (Phi) is 6.21. The largest absolute Gasteiger partial charge is 0.481 e. The average molecular weight is 292 g/mol. The minimum atomic E-state index is -0.849. The summed E-state index contributed by atoms with van der Waals surface area (Å²) in [6, 6.07) is 6.99. The standard InChI is InChI=1S/C16H24N2O3/c1-4-11-16(2,3)18-15(21)17-13-8-6-5-7-12(13)9-10-14(19)20/h5-8H,4,9-11H2,1-3H3,(H,19,20)(H2,17,18,21). The predicted molar refractivity (Wildman–Crippen MR) is 83.5 cm³/mol. The molecule has 0 heterocycles. The second-order valence-corrected chi connectivity index (χ2v) is 5.76. The molecule has 0 atom stereocenters. The topological polar surface area (TPSA) is 78.4 Å². The number of nitrogens with one attached hydrogen (secondary N) is 2. The second kappa shape index (κ2) is 7.67. The van der Waals surface area contributed by atoms with Crippen LogP contribution in [0.4, 0.5) is 10.5 Å². The van der Waals surface area contributed by atoms with Crippen LogP contribution in [0.2, 0.25) is 0 Å². The fraction of sp³-hybridized carbons (Fsp3) is 0.500. The minimum absolute atomic E-state index is 0.0433. The number of hydrogen-bond acceptors (Lipinski definition) is 2. The fourth-order valence-corrected chi connectivity index (χ4v) is 2.25. The van der Waals surface area contributed by atoms with Crippen LogP contribution in [0.15, 0.2) is 24.3 Å². The quantitative estimate of drug-likeness (QED) is 0.720. The third kappa shape index (κ3) is 6.29. The Morgan fingerprint density at radius 3 is 2.52 bits per heavy atom. The number of aryl methyl sites for hydroxylation is 1. The molecule has 21 heavy (non-hydrogen) atoms. The molecular weight excluding hydrogens is 268 g/mol. The molecule has 0 aliphatic carbocycles. The van der Waals surface area contributed by atoms with Gasteiger partial charge < -0.3 is 15.7 Å². The van der Waals surface area contributed by atoms with Crippen molar-refractivity contribution in [2.45, 2.75) is 52.0 Å². The summed E-state index contributed by atoms with van der Waals surface area (Å²) in [5.41, 5.74) is 1.21. The lowest BCUT2D eigenvalue weighted by Crippen LogP contribution is -2.45. The smallest absolute Gasteiger partial charge is 0.319 e. The van der Waals surface area contributed by atoms with Gasteiger partial charge in [-0.15, -0.1) is 0 Å². The Morgan fingerprint density at radius 1 is 1.24 bits per heavy atom. The van der Waals surface area contributed by atoms with Crippen LogP contribution in [-0.2, 0) is 11.2 Å². The number of aliphatic carboxylic acids is 1. The number of urea groups is 1. The normalized spacial score (nSPS) is 11.0. The lowest BCUT2D eigenvalue weighted by atomic mass is 9.99. The third-order valence-electron chi connectivity index (χ3n) is 3.20. The first-order valence-electron chi connectivity index (χ1n) is 7.23. The highest BCUT2D eigenvalue weighted by Gasteiger charge is 2.19. The molecule has 0 aliphatic heterocycles. The maximum atomic E-state index is 12.1. The summed E-state index contributed by atoms with van der Waals surface area (Å²) in [7, 11) is 0. The van der Waals surface area contributed by atoms with Crippen LogP contribution in [-0.4, -0.2) is 22.6 Å². The van der Waals surface area contributed by atoms with E-state index < -0.39 is 5.97 Å². The third-order valence-corrected chi connectivity index (χ3v) is 3.20. The molecule has 0 fully saturated rings. The number of carboxylic acids is 1. The van der Waals surface area contributed by atoms with Gasteiger partial charge in [-0.25, -0.2) is 4.79 Å². The molecular formula is C16H24N2O3. The Bertz CT molecular complexity index is 498. The summed E-state index contributed by atoms with van der Waals surface area (Å²) >= 11 is 0. The minimum Gasteiger partial charge on any atom is -0.481 e. The van der Waals surface area contributed by atoms with E-state index in [1.807, 2.05) is 32.0 Å². The van der Waals surface area contributed by atoms with E-state index in [1.165, 1.54) is 0 Å². The highest BCUT2D eigenvalue weighted by Crippen LogP contribution is 2.18. The van der Waals surface area contributed by atoms with Crippen molar-refractivity contribution < 1.29 is 14.7 Å². The number of para-hydroxylation sites is 1. The second-order valence-electron chi connectivity index (χ2n) is 5.76. The van der Waals surface area contributed by atoms with Gasteiger partial charge in [0.05, 0.1) is 0 Å². The van der Waals surface area contributed by atoms with Gasteiger partial charge in [-0.3, -0.25) is 4.79 Å². The maximum Gasteiger partial charge on any atom is 0.319 e. The molecule has 0 radical (unpaired) electrons. The SMILES string of the molecule is CCCC(C)(C)NC(=O)Nc1ccccc1CCC(=O)O. The van der Waals surface area contributed by atoms with Crippen molar-refractivity contribution >= 4 is 17.7 Å². The number of amides is 2. The van der Waals surface area contributed by atoms with E-state index in [4.69, 9.17) is 5.11 Å². The molecule has 0 saturated heterocycles. The number of benzene rings is 1. The average Bonchev–Trinajstić information content (AvgIpc) is 2.36. The molecule has 5 heteroatoms. The lowest BCUT2D eigenvalue weighted by molar-refractivity contribution is -0.136. The zero-order chi connectivity index (χ0) is 15.9. The van der Waals surface area contributed by atoms with Gasteiger partial charge in [0.2, 0.25) is 0 Å². The van der Waals surface area contributed by atoms with Crippen LogP contribution in [0.25, 0.3) is 0 Å². The van der Waals surface area contributed by atoms with E-state index in [0.717, 1.165) is 18.4 Å². The van der Waals surface area contributed by atoms with Gasteiger partial charge in [0, 0.05) is 17.6 Å². The zero-order valence-corrected chi connectivity index (χ0v) is 12.9. The molecule has 1 aromatic carbocycles. The number of carbonyl (C=O) groups is 2. The molecule has 2 amide bonds. The predicted octanol–water partition coefficient (Wildman–Crippen LogP) is 3.40. The fourth-order valence-electron chi connectivity index (χ4n) is 2.25. The van der Waals surface area contributed by atoms with Crippen molar-refractivity contribution in [2.75, 3.05) is 5.32 Å². The van der Waals surface area contributed by atoms with Crippen LogP contribution in [0, 0.1) is 0 Å². The molecule has 116 valence electrons.